The van der Waals surface area contributed by atoms with E-state index in [1.807, 2.05) is 118 Å². The first-order valence-electron chi connectivity index (χ1n) is 32.9. The molecule has 6 aromatic rings. The lowest BCUT2D eigenvalue weighted by atomic mass is 9.77. The molecule has 6 aromatic carbocycles. The van der Waals surface area contributed by atoms with Crippen LogP contribution in [0.5, 0.6) is 11.5 Å². The van der Waals surface area contributed by atoms with Gasteiger partial charge in [0, 0.05) is 67.2 Å². The second kappa shape index (κ2) is 24.4. The van der Waals surface area contributed by atoms with E-state index in [1.54, 1.807) is 54.6 Å². The molecule has 2 N–H and O–H groups in total. The summed E-state index contributed by atoms with van der Waals surface area (Å²) in [6.45, 7) is 4.91. The number of aryl methyl sites for hydroxylation is 2. The van der Waals surface area contributed by atoms with Crippen molar-refractivity contribution in [3.05, 3.63) is 219 Å². The second-order valence-corrected chi connectivity index (χ2v) is 27.0. The number of allylic oxidation sites excluding steroid dienone is 6. The van der Waals surface area contributed by atoms with Crippen LogP contribution in [0.2, 0.25) is 0 Å². The molecule has 3 saturated carbocycles. The maximum Gasteiger partial charge on any atom is 0.340 e. The van der Waals surface area contributed by atoms with E-state index in [1.165, 1.54) is 22.6 Å². The summed E-state index contributed by atoms with van der Waals surface area (Å²) in [6.07, 6.45) is 17.1. The van der Waals surface area contributed by atoms with E-state index < -0.39 is 29.3 Å². The summed E-state index contributed by atoms with van der Waals surface area (Å²) in [7, 11) is 4.01. The molecule has 20 nitrogen and oxygen atoms in total. The summed E-state index contributed by atoms with van der Waals surface area (Å²) >= 11 is 0. The van der Waals surface area contributed by atoms with E-state index in [0.29, 0.717) is 61.8 Å². The van der Waals surface area contributed by atoms with Crippen molar-refractivity contribution in [3.8, 4) is 11.5 Å². The van der Waals surface area contributed by atoms with Crippen molar-refractivity contribution in [1.82, 2.24) is 25.5 Å². The zero-order valence-electron chi connectivity index (χ0n) is 53.4. The summed E-state index contributed by atoms with van der Waals surface area (Å²) < 4.78 is 12.5. The third kappa shape index (κ3) is 10.6. The van der Waals surface area contributed by atoms with Gasteiger partial charge < -0.3 is 25.0 Å². The van der Waals surface area contributed by atoms with E-state index in [9.17, 15) is 43.2 Å². The van der Waals surface area contributed by atoms with Gasteiger partial charge in [0.25, 0.3) is 23.6 Å². The Morgan fingerprint density at radius 2 is 1.04 bits per heavy atom. The molecule has 5 aliphatic heterocycles. The fraction of sp³-hybridized carbons (Fsp3) is 0.329. The number of fused-ring (bicyclic) bond motifs is 19. The number of ether oxygens (including phenoxy) is 2. The topological polar surface area (TPSA) is 243 Å². The van der Waals surface area contributed by atoms with Crippen molar-refractivity contribution in [1.29, 1.82) is 0 Å². The molecule has 0 aromatic heterocycles. The number of anilines is 1. The lowest BCUT2D eigenvalue weighted by Gasteiger charge is -2.36. The van der Waals surface area contributed by atoms with Gasteiger partial charge in [0.15, 0.2) is 5.60 Å². The van der Waals surface area contributed by atoms with Crippen molar-refractivity contribution < 1.29 is 57.5 Å². The number of benzene rings is 6. The van der Waals surface area contributed by atoms with Gasteiger partial charge in [0.05, 0.1) is 64.9 Å². The smallest absolute Gasteiger partial charge is 0.340 e. The molecule has 11 aliphatic rings. The molecule has 1 spiro atoms. The predicted molar refractivity (Wildman–Crippen MR) is 351 cm³/mol. The summed E-state index contributed by atoms with van der Waals surface area (Å²) in [6, 6.07) is 38.3. The molecule has 8 amide bonds. The van der Waals surface area contributed by atoms with Gasteiger partial charge in [-0.05, 0) is 177 Å². The molecule has 11 atom stereocenters. The van der Waals surface area contributed by atoms with E-state index >= 15 is 0 Å². The van der Waals surface area contributed by atoms with Gasteiger partial charge >= 0.3 is 5.97 Å². The van der Waals surface area contributed by atoms with Crippen LogP contribution in [0.4, 0.5) is 17.1 Å². The largest absolute Gasteiger partial charge is 0.456 e. The number of nitrogens with zero attached hydrogens (tertiary/aromatic N) is 6. The molecule has 2 saturated heterocycles. The number of nitrogens with one attached hydrogen (secondary N) is 2. The minimum atomic E-state index is -1.20. The average molecular weight is 1290 g/mol. The number of esters is 1. The number of rotatable bonds is 14. The van der Waals surface area contributed by atoms with Crippen LogP contribution in [0.3, 0.4) is 0 Å². The maximum absolute atomic E-state index is 13.4. The quantitative estimate of drug-likeness (QED) is 0.0447. The van der Waals surface area contributed by atoms with Crippen LogP contribution in [0.25, 0.3) is 0 Å². The van der Waals surface area contributed by atoms with Crippen molar-refractivity contribution in [3.63, 3.8) is 0 Å². The fourth-order valence-corrected chi connectivity index (χ4v) is 16.4. The van der Waals surface area contributed by atoms with Crippen LogP contribution >= 0.6 is 0 Å². The van der Waals surface area contributed by atoms with Crippen LogP contribution in [0, 0.1) is 78.9 Å². The van der Waals surface area contributed by atoms with Crippen molar-refractivity contribution in [2.45, 2.75) is 45.1 Å². The summed E-state index contributed by atoms with van der Waals surface area (Å²) in [5.74, 6) is 0.209. The molecule has 0 radical (unpaired) electrons. The number of likely N-dealkylation sites (tertiary alicyclic amines) is 2. The van der Waals surface area contributed by atoms with E-state index in [4.69, 9.17) is 14.3 Å². The van der Waals surface area contributed by atoms with Crippen LogP contribution in [-0.2, 0) is 34.4 Å². The van der Waals surface area contributed by atoms with E-state index in [0.717, 1.165) is 64.6 Å². The molecule has 96 heavy (non-hydrogen) atoms. The van der Waals surface area contributed by atoms with E-state index in [-0.39, 0.29) is 103 Å². The summed E-state index contributed by atoms with van der Waals surface area (Å²) in [4.78, 5) is 124. The SMILES string of the molecule is CN(C)c1ccc(N=Nc2ccc(C(=O)NC[C@H]3CC4C=CC3C4)cc2)cc1.Cc1ccc2c(c1)Oc1cc(C)ccc1C21OC(=O)c2cc(C(=O)NCCN3C(=O)C4C5C=CC(C5)C4C3=O)ccc21.O=C1C2C3C=CC(C3)C2C(=O)N1CCON1C(=O)c2ccccc2C1=O. The highest BCUT2D eigenvalue weighted by Gasteiger charge is 2.61. The van der Waals surface area contributed by atoms with Gasteiger partial charge in [-0.3, -0.25) is 53.0 Å². The first-order valence-corrected chi connectivity index (χ1v) is 32.9. The molecular formula is C76H70N8O12. The number of carbonyl (C=O) groups is 9. The first-order chi connectivity index (χ1) is 46.4. The third-order valence-corrected chi connectivity index (χ3v) is 21.1. The highest BCUT2D eigenvalue weighted by atomic mass is 16.7. The zero-order valence-corrected chi connectivity index (χ0v) is 53.4. The lowest BCUT2D eigenvalue weighted by Crippen LogP contribution is -2.39. The lowest BCUT2D eigenvalue weighted by molar-refractivity contribution is -0.145. The Hall–Kier alpha value is -10.5. The van der Waals surface area contributed by atoms with Crippen molar-refractivity contribution in [2.75, 3.05) is 51.8 Å². The monoisotopic (exact) mass is 1290 g/mol. The number of azo groups is 1. The van der Waals surface area contributed by atoms with Crippen LogP contribution in [0.1, 0.15) is 105 Å². The minimum Gasteiger partial charge on any atom is -0.456 e. The normalized spacial score (nSPS) is 26.1. The number of imide groups is 3. The Bertz CT molecular complexity index is 4280. The Balaban J connectivity index is 0.000000123. The predicted octanol–water partition coefficient (Wildman–Crippen LogP) is 10.5. The highest BCUT2D eigenvalue weighted by molar-refractivity contribution is 6.20. The maximum atomic E-state index is 13.4. The first kappa shape index (κ1) is 61.7. The molecule has 6 aliphatic carbocycles. The van der Waals surface area contributed by atoms with Crippen LogP contribution < -0.4 is 20.3 Å². The van der Waals surface area contributed by atoms with E-state index in [2.05, 4.69) is 45.2 Å². The highest BCUT2D eigenvalue weighted by Crippen LogP contribution is 2.57. The number of hydrogen-bond donors (Lipinski definition) is 2. The van der Waals surface area contributed by atoms with Gasteiger partial charge in [-0.1, -0.05) is 78.9 Å². The third-order valence-electron chi connectivity index (χ3n) is 21.1. The molecular weight excluding hydrogens is 1220 g/mol. The van der Waals surface area contributed by atoms with Gasteiger partial charge in [0.2, 0.25) is 23.6 Å². The number of hydrogen-bond acceptors (Lipinski definition) is 15. The summed E-state index contributed by atoms with van der Waals surface area (Å²) in [5, 5.41) is 15.1. The van der Waals surface area contributed by atoms with Gasteiger partial charge in [-0.2, -0.15) is 10.2 Å². The molecule has 10 unspecified atom stereocenters. The van der Waals surface area contributed by atoms with Crippen LogP contribution in [0.15, 0.2) is 174 Å². The standard InChI is InChI=1S/C34H28N2O6.C23H26N4O.C19H16N2O5/c1-17-3-8-24-26(13-17)41-27-14-18(2)4-9-25(27)34(24)23-10-7-21(16-22(23)33(40)42-34)30(37)35-11-12-36-31(38)28-19-5-6-20(15-19)29(28)32(36)39;1-27(2)22-11-9-21(10-12-22)26-25-20-7-5-17(6-8-20)23(28)24-15-19-14-16-3-4-18(19)13-16;22-16-12-3-1-2-4-13(12)17(23)21(16)26-8-7-20-18(24)14-10-5-6-11(9-10)15(14)19(20)25/h3-10,13-14,16,19-20,28-29H,11-12,15H2,1-2H3,(H,35,37);3-12,16,18-19H,13-15H2,1-2H3,(H,24,28);1-6,10-11,14-15H,7-9H2/t;16?,18?,19-;/m.1./s1. The zero-order chi connectivity index (χ0) is 66.4. The molecule has 20 heteroatoms. The Labute approximate surface area is 554 Å². The number of amides is 8. The minimum absolute atomic E-state index is 0.0190. The van der Waals surface area contributed by atoms with Gasteiger partial charge in [0.1, 0.15) is 11.5 Å². The fourth-order valence-electron chi connectivity index (χ4n) is 16.4. The number of hydroxylamine groups is 2. The molecule has 5 heterocycles. The average Bonchev–Trinajstić information content (AvgIpc) is 1.40. The second-order valence-electron chi connectivity index (χ2n) is 27.0. The van der Waals surface area contributed by atoms with Crippen LogP contribution in [-0.4, -0.2) is 115 Å². The van der Waals surface area contributed by atoms with Gasteiger partial charge in [-0.15, -0.1) is 5.06 Å². The summed E-state index contributed by atoms with van der Waals surface area (Å²) in [5.41, 5.74) is 7.42. The van der Waals surface area contributed by atoms with Crippen molar-refractivity contribution in [2.24, 2.45) is 75.3 Å². The van der Waals surface area contributed by atoms with Gasteiger partial charge in [-0.25, -0.2) is 4.79 Å². The van der Waals surface area contributed by atoms with Crippen molar-refractivity contribution >= 4 is 70.3 Å². The Morgan fingerprint density at radius 3 is 1.56 bits per heavy atom. The molecule has 6 bridgehead atoms. The number of carbonyl (C=O) groups excluding carboxylic acids is 9. The Morgan fingerprint density at radius 1 is 0.542 bits per heavy atom. The molecule has 17 rings (SSSR count). The molecule has 5 fully saturated rings. The molecule has 486 valence electrons. The Kier molecular flexibility index (Phi) is 15.7.